The maximum absolute atomic E-state index is 14.6. The minimum Gasteiger partial charge on any atom is -0.494 e. The van der Waals surface area contributed by atoms with Crippen molar-refractivity contribution in [2.75, 3.05) is 12.0 Å². The van der Waals surface area contributed by atoms with Gasteiger partial charge in [0.15, 0.2) is 0 Å². The number of hydrazone groups is 1. The Morgan fingerprint density at radius 2 is 1.60 bits per heavy atom. The molecule has 0 saturated carbocycles. The summed E-state index contributed by atoms with van der Waals surface area (Å²) in [5.41, 5.74) is 5.95. The number of carbonyl (C=O) groups excluding carboxylic acids is 3. The van der Waals surface area contributed by atoms with E-state index in [1.807, 2.05) is 78.9 Å². The number of ether oxygens (including phenoxy) is 1. The summed E-state index contributed by atoms with van der Waals surface area (Å²) in [4.78, 5) is 53.8. The predicted octanol–water partition coefficient (Wildman–Crippen LogP) is 4.89. The van der Waals surface area contributed by atoms with Gasteiger partial charge in [-0.25, -0.2) is 10.3 Å². The number of benzene rings is 4. The molecule has 2 atom stereocenters. The minimum atomic E-state index is -1.17. The largest absolute Gasteiger partial charge is 0.494 e. The van der Waals surface area contributed by atoms with Gasteiger partial charge in [0, 0.05) is 24.6 Å². The van der Waals surface area contributed by atoms with E-state index in [1.54, 1.807) is 6.21 Å². The highest BCUT2D eigenvalue weighted by atomic mass is 16.6. The van der Waals surface area contributed by atoms with Crippen LogP contribution in [0.5, 0.6) is 5.75 Å². The van der Waals surface area contributed by atoms with Crippen LogP contribution in [0.1, 0.15) is 40.2 Å². The number of amides is 3. The van der Waals surface area contributed by atoms with Gasteiger partial charge < -0.3 is 4.74 Å². The smallest absolute Gasteiger partial charge is 0.273 e. The average Bonchev–Trinajstić information content (AvgIpc) is 3.34. The van der Waals surface area contributed by atoms with Gasteiger partial charge in [-0.1, -0.05) is 78.9 Å². The van der Waals surface area contributed by atoms with Gasteiger partial charge in [0.05, 0.1) is 41.0 Å². The normalized spacial score (nSPS) is 22.6. The van der Waals surface area contributed by atoms with Crippen molar-refractivity contribution in [2.45, 2.75) is 24.2 Å². The van der Waals surface area contributed by atoms with Gasteiger partial charge in [-0.3, -0.25) is 24.5 Å². The quantitative estimate of drug-likeness (QED) is 0.133. The maximum atomic E-state index is 14.6. The van der Waals surface area contributed by atoms with Crippen LogP contribution in [0, 0.1) is 22.0 Å². The number of nitro groups is 1. The molecular formula is C35H28N4O6. The first-order valence-corrected chi connectivity index (χ1v) is 14.6. The third-order valence-electron chi connectivity index (χ3n) is 9.24. The summed E-state index contributed by atoms with van der Waals surface area (Å²) in [7, 11) is 1.34. The highest BCUT2D eigenvalue weighted by Crippen LogP contribution is 2.64. The van der Waals surface area contributed by atoms with Crippen LogP contribution in [0.25, 0.3) is 0 Å². The van der Waals surface area contributed by atoms with Crippen LogP contribution in [0.15, 0.2) is 102 Å². The SMILES string of the molecule is COc1cc([N+](=O)[O-])ccc1N1C(=O)[C@@H]2C3c4ccccc4C(/C=N\NC(=O)CCc4ccccc4)(c4ccccc43)[C@@H]2C1=O. The van der Waals surface area contributed by atoms with E-state index in [0.29, 0.717) is 6.42 Å². The zero-order chi connectivity index (χ0) is 31.3. The van der Waals surface area contributed by atoms with E-state index in [1.165, 1.54) is 25.3 Å². The molecule has 2 bridgehead atoms. The summed E-state index contributed by atoms with van der Waals surface area (Å²) in [6.07, 6.45) is 2.38. The molecule has 1 N–H and O–H groups in total. The van der Waals surface area contributed by atoms with Gasteiger partial charge >= 0.3 is 0 Å². The lowest BCUT2D eigenvalue weighted by Gasteiger charge is -2.52. The summed E-state index contributed by atoms with van der Waals surface area (Å²) in [5, 5.41) is 15.9. The molecule has 3 aliphatic carbocycles. The van der Waals surface area contributed by atoms with Crippen LogP contribution in [0.2, 0.25) is 0 Å². The highest BCUT2D eigenvalue weighted by Gasteiger charge is 2.68. The molecule has 0 unspecified atom stereocenters. The first kappa shape index (κ1) is 28.1. The van der Waals surface area contributed by atoms with Crippen molar-refractivity contribution < 1.29 is 24.0 Å². The van der Waals surface area contributed by atoms with Crippen molar-refractivity contribution in [2.24, 2.45) is 16.9 Å². The number of anilines is 1. The van der Waals surface area contributed by atoms with Crippen LogP contribution in [-0.4, -0.2) is 36.0 Å². The Kier molecular flexibility index (Phi) is 6.77. The molecule has 0 spiro atoms. The molecule has 3 amide bonds. The molecule has 4 aromatic rings. The van der Waals surface area contributed by atoms with Crippen molar-refractivity contribution in [3.05, 3.63) is 135 Å². The van der Waals surface area contributed by atoms with Gasteiger partial charge in [-0.2, -0.15) is 5.10 Å². The second kappa shape index (κ2) is 10.8. The number of aryl methyl sites for hydroxylation is 1. The Morgan fingerprint density at radius 1 is 0.956 bits per heavy atom. The highest BCUT2D eigenvalue weighted by molar-refractivity contribution is 6.25. The minimum absolute atomic E-state index is 0.0420. The van der Waals surface area contributed by atoms with E-state index >= 15 is 0 Å². The first-order valence-electron chi connectivity index (χ1n) is 14.6. The number of methoxy groups -OCH3 is 1. The molecule has 10 nitrogen and oxygen atoms in total. The van der Waals surface area contributed by atoms with Crippen molar-refractivity contribution in [3.63, 3.8) is 0 Å². The second-order valence-corrected chi connectivity index (χ2v) is 11.4. The number of nitro benzene ring substituents is 1. The summed E-state index contributed by atoms with van der Waals surface area (Å²) < 4.78 is 5.44. The number of non-ortho nitro benzene ring substituents is 1. The van der Waals surface area contributed by atoms with E-state index in [-0.39, 0.29) is 29.5 Å². The lowest BCUT2D eigenvalue weighted by atomic mass is 9.47. The molecule has 45 heavy (non-hydrogen) atoms. The fourth-order valence-corrected chi connectivity index (χ4v) is 7.42. The van der Waals surface area contributed by atoms with E-state index in [9.17, 15) is 24.5 Å². The molecule has 1 fully saturated rings. The lowest BCUT2D eigenvalue weighted by Crippen LogP contribution is -2.54. The summed E-state index contributed by atoms with van der Waals surface area (Å²) in [6.45, 7) is 0. The Bertz CT molecular complexity index is 1860. The molecule has 4 aromatic carbocycles. The molecule has 1 heterocycles. The molecule has 0 aromatic heterocycles. The van der Waals surface area contributed by atoms with E-state index in [4.69, 9.17) is 4.74 Å². The van der Waals surface area contributed by atoms with Gasteiger partial charge in [0.2, 0.25) is 17.7 Å². The van der Waals surface area contributed by atoms with Crippen LogP contribution in [0.3, 0.4) is 0 Å². The monoisotopic (exact) mass is 600 g/mol. The number of nitrogens with one attached hydrogen (secondary N) is 1. The topological polar surface area (TPSA) is 131 Å². The summed E-state index contributed by atoms with van der Waals surface area (Å²) >= 11 is 0. The fraction of sp³-hybridized carbons (Fsp3) is 0.200. The van der Waals surface area contributed by atoms with Crippen LogP contribution in [0.4, 0.5) is 11.4 Å². The lowest BCUT2D eigenvalue weighted by molar-refractivity contribution is -0.384. The van der Waals surface area contributed by atoms with Crippen molar-refractivity contribution in [3.8, 4) is 5.75 Å². The average molecular weight is 601 g/mol. The molecule has 4 aliphatic rings. The van der Waals surface area contributed by atoms with E-state index in [0.717, 1.165) is 32.7 Å². The number of nitrogens with zero attached hydrogens (tertiary/aromatic N) is 3. The van der Waals surface area contributed by atoms with Gasteiger partial charge in [0.25, 0.3) is 5.69 Å². The fourth-order valence-electron chi connectivity index (χ4n) is 7.42. The molecule has 1 saturated heterocycles. The van der Waals surface area contributed by atoms with E-state index in [2.05, 4.69) is 10.5 Å². The summed E-state index contributed by atoms with van der Waals surface area (Å²) in [5.74, 6) is -3.18. The van der Waals surface area contributed by atoms with Gasteiger partial charge in [-0.15, -0.1) is 0 Å². The molecule has 1 aliphatic heterocycles. The first-order chi connectivity index (χ1) is 21.9. The number of hydrogen-bond donors (Lipinski definition) is 1. The zero-order valence-electron chi connectivity index (χ0n) is 24.3. The second-order valence-electron chi connectivity index (χ2n) is 11.4. The Balaban J connectivity index is 1.32. The summed E-state index contributed by atoms with van der Waals surface area (Å²) in [6, 6.07) is 29.0. The number of imide groups is 1. The Hall–Kier alpha value is -5.64. The zero-order valence-corrected chi connectivity index (χ0v) is 24.3. The number of carbonyl (C=O) groups is 3. The van der Waals surface area contributed by atoms with Crippen LogP contribution < -0.4 is 15.1 Å². The van der Waals surface area contributed by atoms with Crippen LogP contribution >= 0.6 is 0 Å². The standard InChI is InChI=1S/C35H28N4O6/c1-45-28-19-22(39(43)44)16-17-27(28)38-33(41)31-30-23-11-5-7-13-25(23)35(32(31)34(38)42,26-14-8-6-12-24(26)30)20-36-37-29(40)18-15-21-9-3-2-4-10-21/h2-14,16-17,19-20,30-32H,15,18H2,1H3,(H,37,40)/b36-20-/t30?,31-,32+,35?/m1/s1. The third-order valence-corrected chi connectivity index (χ3v) is 9.24. The molecule has 8 rings (SSSR count). The molecule has 10 heteroatoms. The third kappa shape index (κ3) is 4.24. The number of hydrogen-bond acceptors (Lipinski definition) is 7. The predicted molar refractivity (Wildman–Crippen MR) is 166 cm³/mol. The molecular weight excluding hydrogens is 572 g/mol. The maximum Gasteiger partial charge on any atom is 0.273 e. The Morgan fingerprint density at radius 3 is 2.24 bits per heavy atom. The van der Waals surface area contributed by atoms with Crippen molar-refractivity contribution >= 4 is 35.3 Å². The molecule has 0 radical (unpaired) electrons. The van der Waals surface area contributed by atoms with Crippen LogP contribution in [-0.2, 0) is 26.2 Å². The van der Waals surface area contributed by atoms with Crippen molar-refractivity contribution in [1.82, 2.24) is 5.43 Å². The van der Waals surface area contributed by atoms with E-state index < -0.39 is 39.9 Å². The Labute approximate surface area is 258 Å². The van der Waals surface area contributed by atoms with Gasteiger partial charge in [0.1, 0.15) is 5.75 Å². The van der Waals surface area contributed by atoms with Gasteiger partial charge in [-0.05, 0) is 40.3 Å². The molecule has 224 valence electrons. The van der Waals surface area contributed by atoms with Crippen molar-refractivity contribution in [1.29, 1.82) is 0 Å². The number of rotatable bonds is 8.